The lowest BCUT2D eigenvalue weighted by molar-refractivity contribution is -0.0760. The van der Waals surface area contributed by atoms with Crippen molar-refractivity contribution in [2.75, 3.05) is 21.3 Å². The summed E-state index contributed by atoms with van der Waals surface area (Å²) in [4.78, 5) is 16.7. The topological polar surface area (TPSA) is 56.1 Å². The second-order valence-corrected chi connectivity index (χ2v) is 3.42. The molecule has 0 N–H and O–H groups in total. The normalized spacial score (nSPS) is 10.5. The number of nitrogens with zero attached hydrogens (tertiary/aromatic N) is 3. The van der Waals surface area contributed by atoms with Crippen LogP contribution < -0.4 is 4.74 Å². The molecule has 0 aliphatic heterocycles. The fraction of sp³-hybridized carbons (Fsp3) is 0.273. The monoisotopic (exact) mass is 235 g/mol. The Morgan fingerprint density at radius 1 is 1.47 bits per heavy atom. The van der Waals surface area contributed by atoms with Gasteiger partial charge in [-0.15, -0.1) is 0 Å². The Labute approximate surface area is 98.3 Å². The lowest BCUT2D eigenvalue weighted by Gasteiger charge is -2.10. The van der Waals surface area contributed by atoms with Crippen LogP contribution in [0.4, 0.5) is 0 Å². The number of amides is 1. The highest BCUT2D eigenvalue weighted by molar-refractivity contribution is 5.93. The Kier molecular flexibility index (Phi) is 2.97. The SMILES string of the molecule is COc1cccn2nc(C(=O)N(C)OC)cc12. The van der Waals surface area contributed by atoms with Gasteiger partial charge >= 0.3 is 0 Å². The van der Waals surface area contributed by atoms with Gasteiger partial charge in [0, 0.05) is 19.3 Å². The lowest BCUT2D eigenvalue weighted by atomic mass is 10.3. The number of rotatable bonds is 3. The predicted octanol–water partition coefficient (Wildman–Crippen LogP) is 0.976. The highest BCUT2D eigenvalue weighted by Gasteiger charge is 2.16. The zero-order valence-corrected chi connectivity index (χ0v) is 9.88. The van der Waals surface area contributed by atoms with Crippen molar-refractivity contribution < 1.29 is 14.4 Å². The van der Waals surface area contributed by atoms with Gasteiger partial charge in [-0.05, 0) is 12.1 Å². The van der Waals surface area contributed by atoms with E-state index >= 15 is 0 Å². The van der Waals surface area contributed by atoms with Crippen LogP contribution in [-0.4, -0.2) is 41.9 Å². The zero-order chi connectivity index (χ0) is 12.4. The van der Waals surface area contributed by atoms with E-state index in [-0.39, 0.29) is 5.91 Å². The molecule has 0 aliphatic rings. The molecule has 0 aromatic carbocycles. The fourth-order valence-corrected chi connectivity index (χ4v) is 1.51. The molecule has 2 aromatic heterocycles. The highest BCUT2D eigenvalue weighted by Crippen LogP contribution is 2.20. The summed E-state index contributed by atoms with van der Waals surface area (Å²) in [6.45, 7) is 0. The van der Waals surface area contributed by atoms with Crippen molar-refractivity contribution in [2.45, 2.75) is 0 Å². The molecule has 2 heterocycles. The number of hydrogen-bond acceptors (Lipinski definition) is 4. The van der Waals surface area contributed by atoms with Gasteiger partial charge in [0.05, 0.1) is 14.2 Å². The van der Waals surface area contributed by atoms with Crippen LogP contribution in [0.5, 0.6) is 5.75 Å². The Balaban J connectivity index is 2.48. The van der Waals surface area contributed by atoms with Gasteiger partial charge < -0.3 is 4.74 Å². The van der Waals surface area contributed by atoms with Crippen LogP contribution in [0.3, 0.4) is 0 Å². The van der Waals surface area contributed by atoms with Gasteiger partial charge in [-0.2, -0.15) is 5.10 Å². The van der Waals surface area contributed by atoms with E-state index in [1.165, 1.54) is 14.2 Å². The highest BCUT2D eigenvalue weighted by atomic mass is 16.7. The molecule has 6 heteroatoms. The van der Waals surface area contributed by atoms with Crippen LogP contribution in [0.2, 0.25) is 0 Å². The molecule has 0 aliphatic carbocycles. The van der Waals surface area contributed by atoms with E-state index in [2.05, 4.69) is 5.10 Å². The second-order valence-electron chi connectivity index (χ2n) is 3.42. The number of carbonyl (C=O) groups excluding carboxylic acids is 1. The summed E-state index contributed by atoms with van der Waals surface area (Å²) in [6, 6.07) is 5.27. The minimum absolute atomic E-state index is 0.304. The fourth-order valence-electron chi connectivity index (χ4n) is 1.51. The molecule has 2 aromatic rings. The molecule has 6 nitrogen and oxygen atoms in total. The van der Waals surface area contributed by atoms with Crippen molar-refractivity contribution in [2.24, 2.45) is 0 Å². The quantitative estimate of drug-likeness (QED) is 0.744. The minimum Gasteiger partial charge on any atom is -0.494 e. The third-order valence-electron chi connectivity index (χ3n) is 2.46. The summed E-state index contributed by atoms with van der Waals surface area (Å²) in [6.07, 6.45) is 1.75. The van der Waals surface area contributed by atoms with Crippen molar-refractivity contribution in [3.8, 4) is 5.75 Å². The molecule has 0 spiro atoms. The summed E-state index contributed by atoms with van der Waals surface area (Å²) in [7, 11) is 4.53. The molecule has 0 bridgehead atoms. The van der Waals surface area contributed by atoms with Crippen LogP contribution in [0.15, 0.2) is 24.4 Å². The molecule has 17 heavy (non-hydrogen) atoms. The summed E-state index contributed by atoms with van der Waals surface area (Å²) in [5.41, 5.74) is 1.04. The number of ether oxygens (including phenoxy) is 1. The average Bonchev–Trinajstić information content (AvgIpc) is 2.80. The number of methoxy groups -OCH3 is 1. The van der Waals surface area contributed by atoms with Crippen LogP contribution in [0, 0.1) is 0 Å². The van der Waals surface area contributed by atoms with E-state index < -0.39 is 0 Å². The average molecular weight is 235 g/mol. The summed E-state index contributed by atoms with van der Waals surface area (Å²) in [5.74, 6) is 0.359. The standard InChI is InChI=1S/C11H13N3O3/c1-13(17-3)11(15)8-7-9-10(16-2)5-4-6-14(9)12-8/h4-7H,1-3H3. The summed E-state index contributed by atoms with van der Waals surface area (Å²) < 4.78 is 6.78. The first-order valence-corrected chi connectivity index (χ1v) is 5.02. The predicted molar refractivity (Wildman–Crippen MR) is 60.8 cm³/mol. The Bertz CT molecular complexity index is 550. The molecule has 2 rings (SSSR count). The first-order chi connectivity index (χ1) is 8.17. The number of pyridine rings is 1. The van der Waals surface area contributed by atoms with E-state index in [0.717, 1.165) is 10.6 Å². The van der Waals surface area contributed by atoms with Gasteiger partial charge in [-0.25, -0.2) is 9.58 Å². The first kappa shape index (κ1) is 11.4. The molecular weight excluding hydrogens is 222 g/mol. The van der Waals surface area contributed by atoms with Gasteiger partial charge in [-0.3, -0.25) is 9.63 Å². The molecule has 1 amide bonds. The van der Waals surface area contributed by atoms with Crippen molar-refractivity contribution in [3.63, 3.8) is 0 Å². The van der Waals surface area contributed by atoms with Crippen LogP contribution >= 0.6 is 0 Å². The Morgan fingerprint density at radius 2 is 2.24 bits per heavy atom. The maximum Gasteiger partial charge on any atom is 0.297 e. The Hall–Kier alpha value is -2.08. The minimum atomic E-state index is -0.307. The molecule has 0 saturated carbocycles. The third-order valence-corrected chi connectivity index (χ3v) is 2.46. The molecule has 0 unspecified atom stereocenters. The summed E-state index contributed by atoms with van der Waals surface area (Å²) in [5, 5.41) is 5.28. The lowest BCUT2D eigenvalue weighted by Crippen LogP contribution is -2.25. The third kappa shape index (κ3) is 1.94. The van der Waals surface area contributed by atoms with Crippen molar-refractivity contribution in [1.29, 1.82) is 0 Å². The number of hydrogen-bond donors (Lipinski definition) is 0. The van der Waals surface area contributed by atoms with Gasteiger partial charge in [0.1, 0.15) is 11.3 Å². The van der Waals surface area contributed by atoms with Crippen LogP contribution in [-0.2, 0) is 4.84 Å². The van der Waals surface area contributed by atoms with Crippen LogP contribution in [0.1, 0.15) is 10.5 Å². The van der Waals surface area contributed by atoms with E-state index in [4.69, 9.17) is 9.57 Å². The summed E-state index contributed by atoms with van der Waals surface area (Å²) >= 11 is 0. The molecular formula is C11H13N3O3. The molecule has 0 saturated heterocycles. The molecule has 0 radical (unpaired) electrons. The largest absolute Gasteiger partial charge is 0.494 e. The maximum atomic E-state index is 11.8. The van der Waals surface area contributed by atoms with E-state index in [9.17, 15) is 4.79 Å². The number of carbonyl (C=O) groups is 1. The van der Waals surface area contributed by atoms with Crippen molar-refractivity contribution >= 4 is 11.4 Å². The van der Waals surface area contributed by atoms with Crippen molar-refractivity contribution in [3.05, 3.63) is 30.1 Å². The first-order valence-electron chi connectivity index (χ1n) is 5.02. The molecule has 0 atom stereocenters. The Morgan fingerprint density at radius 3 is 2.88 bits per heavy atom. The van der Waals surface area contributed by atoms with E-state index in [1.807, 2.05) is 6.07 Å². The second kappa shape index (κ2) is 4.42. The molecule has 90 valence electrons. The number of hydroxylamine groups is 2. The number of fused-ring (bicyclic) bond motifs is 1. The van der Waals surface area contributed by atoms with Gasteiger partial charge in [-0.1, -0.05) is 0 Å². The van der Waals surface area contributed by atoms with Crippen molar-refractivity contribution in [1.82, 2.24) is 14.7 Å². The van der Waals surface area contributed by atoms with Gasteiger partial charge in [0.25, 0.3) is 5.91 Å². The molecule has 0 fully saturated rings. The number of aromatic nitrogens is 2. The van der Waals surface area contributed by atoms with E-state index in [1.54, 1.807) is 30.0 Å². The van der Waals surface area contributed by atoms with Crippen LogP contribution in [0.25, 0.3) is 5.52 Å². The van der Waals surface area contributed by atoms with Gasteiger partial charge in [0.2, 0.25) is 0 Å². The van der Waals surface area contributed by atoms with E-state index in [0.29, 0.717) is 11.4 Å². The maximum absolute atomic E-state index is 11.8. The van der Waals surface area contributed by atoms with Gasteiger partial charge in [0.15, 0.2) is 5.69 Å². The zero-order valence-electron chi connectivity index (χ0n) is 9.88. The smallest absolute Gasteiger partial charge is 0.297 e.